The van der Waals surface area contributed by atoms with Crippen molar-refractivity contribution in [2.24, 2.45) is 0 Å². The average molecular weight is 1820 g/mol. The fourth-order valence-corrected chi connectivity index (χ4v) is 14.1. The molecule has 11 aromatic rings. The van der Waals surface area contributed by atoms with Crippen LogP contribution in [0, 0.1) is 47.2 Å². The van der Waals surface area contributed by atoms with E-state index >= 15 is 0 Å². The van der Waals surface area contributed by atoms with E-state index in [1.54, 1.807) is 131 Å². The molecule has 4 fully saturated rings. The minimum atomic E-state index is -0.511. The number of fused-ring (bicyclic) bond motifs is 3. The number of methoxy groups -OCH3 is 3. The standard InChI is InChI=1S/C30H29N3O5.C18H24BNO4.C18H17ClN2O3.C16H24BNO4.C8H5ClINO.ClH/c1-18-17-32-24-15-27(23-7-5-20(14-26(23)35-4)30(34)33(2)3)38-29(24)28(18)19-6-8-25(21(13-19)16-31)37-22-9-11-36-12-10-22;1-17(2)18(3,4)24-19(23-17)14-5-6-16(13(11-14)12-20)22-15-7-9-21-10-8-15;1-10-9-20-13-8-15(24-17(13)16(10)19)12-6-5-11(7-14(12)23-4)18(22)21(2)3;1-15(2)16(3,4)22-17(21-15)12-9-8-11(10-13(12)20-7)14(19)18(5)6;1-4-3-11-5-2-6(10)12-8(5)7(4)9;/h5-8,13-15,17,22H,9-12H2,1-4H3;5-6,11,15H,7-10H2,1-4H3;5-9H,1-4H3;8-10H,1-7H3;2-3H,1H3;1H. The van der Waals surface area contributed by atoms with Crippen molar-refractivity contribution in [3.63, 3.8) is 0 Å². The predicted molar refractivity (Wildman–Crippen MR) is 479 cm³/mol. The largest absolute Gasteiger partial charge is 0.498 e. The molecule has 4 aliphatic heterocycles. The highest BCUT2D eigenvalue weighted by Gasteiger charge is 2.53. The molecule has 0 aliphatic carbocycles. The van der Waals surface area contributed by atoms with Crippen LogP contribution < -0.4 is 34.6 Å². The van der Waals surface area contributed by atoms with Gasteiger partial charge in [-0.3, -0.25) is 29.3 Å². The lowest BCUT2D eigenvalue weighted by Crippen LogP contribution is -2.41. The van der Waals surface area contributed by atoms with Crippen LogP contribution in [0.3, 0.4) is 0 Å². The summed E-state index contributed by atoms with van der Waals surface area (Å²) in [7, 11) is 14.0. The number of rotatable bonds is 15. The van der Waals surface area contributed by atoms with Crippen molar-refractivity contribution in [2.75, 3.05) is 90.0 Å². The summed E-state index contributed by atoms with van der Waals surface area (Å²) < 4.78 is 82.0. The number of furan rings is 3. The zero-order chi connectivity index (χ0) is 87.0. The Morgan fingerprint density at radius 3 is 1.29 bits per heavy atom. The Morgan fingerprint density at radius 2 is 0.851 bits per heavy atom. The van der Waals surface area contributed by atoms with E-state index in [1.807, 2.05) is 137 Å². The summed E-state index contributed by atoms with van der Waals surface area (Å²) >= 11 is 14.4. The number of halogens is 4. The average Bonchev–Trinajstić information content (AvgIpc) is 1.63. The van der Waals surface area contributed by atoms with Gasteiger partial charge in [-0.25, -0.2) is 0 Å². The van der Waals surface area contributed by atoms with E-state index in [0.717, 1.165) is 79.3 Å². The van der Waals surface area contributed by atoms with E-state index < -0.39 is 36.6 Å². The molecule has 0 N–H and O–H groups in total. The molecule has 15 rings (SSSR count). The van der Waals surface area contributed by atoms with Gasteiger partial charge in [0.15, 0.2) is 20.5 Å². The zero-order valence-electron chi connectivity index (χ0n) is 71.7. The van der Waals surface area contributed by atoms with Gasteiger partial charge >= 0.3 is 14.2 Å². The van der Waals surface area contributed by atoms with Gasteiger partial charge in [0.2, 0.25) is 0 Å². The Bertz CT molecular complexity index is 5660. The van der Waals surface area contributed by atoms with Gasteiger partial charge < -0.3 is 79.7 Å². The Kier molecular flexibility index (Phi) is 30.5. The Balaban J connectivity index is 0.000000165. The monoisotopic (exact) mass is 1820 g/mol. The normalized spacial score (nSPS) is 15.6. The quantitative estimate of drug-likeness (QED) is 0.0680. The molecule has 0 spiro atoms. The van der Waals surface area contributed by atoms with E-state index in [4.69, 9.17) is 88.2 Å². The highest BCUT2D eigenvalue weighted by Crippen LogP contribution is 2.44. The highest BCUT2D eigenvalue weighted by molar-refractivity contribution is 14.1. The van der Waals surface area contributed by atoms with Crippen LogP contribution in [0.1, 0.15) is 140 Å². The lowest BCUT2D eigenvalue weighted by atomic mass is 9.78. The second-order valence-electron chi connectivity index (χ2n) is 31.9. The predicted octanol–water partition coefficient (Wildman–Crippen LogP) is 17.7. The molecule has 4 aliphatic rings. The molecular formula is C90H100B2Cl3IN8O17. The van der Waals surface area contributed by atoms with Gasteiger partial charge in [-0.15, -0.1) is 12.4 Å². The summed E-state index contributed by atoms with van der Waals surface area (Å²) in [6, 6.07) is 37.1. The fourth-order valence-electron chi connectivity index (χ4n) is 13.3. The first-order valence-corrected chi connectivity index (χ1v) is 40.9. The van der Waals surface area contributed by atoms with Gasteiger partial charge in [0.1, 0.15) is 81.2 Å². The third kappa shape index (κ3) is 21.2. The topological polar surface area (TPSA) is 288 Å². The Labute approximate surface area is 736 Å². The maximum Gasteiger partial charge on any atom is 0.498 e. The molecule has 0 unspecified atom stereocenters. The van der Waals surface area contributed by atoms with Crippen LogP contribution in [0.2, 0.25) is 10.0 Å². The zero-order valence-corrected chi connectivity index (χ0v) is 76.1. The third-order valence-electron chi connectivity index (χ3n) is 21.6. The second-order valence-corrected chi connectivity index (χ2v) is 33.7. The first-order chi connectivity index (χ1) is 56.9. The fraction of sp³-hybridized carbons (Fsp3) is 0.378. The minimum Gasteiger partial charge on any atom is -0.497 e. The van der Waals surface area contributed by atoms with Crippen molar-refractivity contribution >= 4 is 134 Å². The van der Waals surface area contributed by atoms with Gasteiger partial charge in [-0.2, -0.15) is 10.5 Å². The molecule has 6 aromatic heterocycles. The van der Waals surface area contributed by atoms with Gasteiger partial charge in [0.05, 0.1) is 102 Å². The molecule has 10 heterocycles. The number of carbonyl (C=O) groups is 3. The van der Waals surface area contributed by atoms with E-state index in [1.165, 1.54) is 14.7 Å². The summed E-state index contributed by atoms with van der Waals surface area (Å²) in [5, 5.41) is 20.6. The molecule has 0 bridgehead atoms. The van der Waals surface area contributed by atoms with Crippen LogP contribution in [0.25, 0.3) is 67.1 Å². The van der Waals surface area contributed by atoms with E-state index in [9.17, 15) is 24.9 Å². The SMILES string of the molecule is CC1(C)OB(c2ccc(OC3CCOCC3)c(C#N)c2)OC1(C)C.COc1cc(C(=O)N(C)C)ccc1-c1cc2ncc(C)c(-c3ccc(OC4CCOCC4)c(C#N)c3)c2o1.COc1cc(C(=O)N(C)C)ccc1-c1cc2ncc(C)c(Cl)c2o1.COc1cc(C(=O)N(C)C)ccc1B1OC(C)(C)C(C)(C)O1.Cc1cnc2cc(I)oc2c1Cl.Cl. The smallest absolute Gasteiger partial charge is 0.497 e. The summed E-state index contributed by atoms with van der Waals surface area (Å²) in [4.78, 5) is 54.2. The lowest BCUT2D eigenvalue weighted by Gasteiger charge is -2.32. The number of carbonyl (C=O) groups excluding carboxylic acids is 3. The van der Waals surface area contributed by atoms with Crippen molar-refractivity contribution < 1.29 is 79.4 Å². The van der Waals surface area contributed by atoms with Crippen LogP contribution in [-0.2, 0) is 28.1 Å². The first kappa shape index (κ1) is 93.3. The summed E-state index contributed by atoms with van der Waals surface area (Å²) in [5.74, 6) is 3.73. The van der Waals surface area contributed by atoms with Crippen molar-refractivity contribution in [3.05, 3.63) is 186 Å². The minimum absolute atomic E-state index is 0. The third-order valence-corrected chi connectivity index (χ3v) is 23.1. The summed E-state index contributed by atoms with van der Waals surface area (Å²) in [6.07, 6.45) is 8.71. The van der Waals surface area contributed by atoms with E-state index in [-0.39, 0.29) is 42.3 Å². The maximum atomic E-state index is 12.4. The van der Waals surface area contributed by atoms with Crippen LogP contribution in [0.15, 0.2) is 141 Å². The number of aromatic nitrogens is 3. The molecule has 121 heavy (non-hydrogen) atoms. The van der Waals surface area contributed by atoms with Gasteiger partial charge in [0, 0.05) is 132 Å². The summed E-state index contributed by atoms with van der Waals surface area (Å²) in [5.41, 5.74) is 12.5. The van der Waals surface area contributed by atoms with Crippen LogP contribution in [0.5, 0.6) is 28.7 Å². The van der Waals surface area contributed by atoms with Gasteiger partial charge in [0.25, 0.3) is 17.7 Å². The number of aryl methyl sites for hydroxylation is 3. The van der Waals surface area contributed by atoms with Gasteiger partial charge in [-0.05, 0) is 199 Å². The molecule has 3 amide bonds. The number of nitrogens with zero attached hydrogens (tertiary/aromatic N) is 8. The van der Waals surface area contributed by atoms with E-state index in [0.29, 0.717) is 138 Å². The van der Waals surface area contributed by atoms with Gasteiger partial charge in [-0.1, -0.05) is 41.4 Å². The van der Waals surface area contributed by atoms with Crippen LogP contribution in [0.4, 0.5) is 0 Å². The molecule has 0 saturated carbocycles. The van der Waals surface area contributed by atoms with Crippen molar-refractivity contribution in [1.82, 2.24) is 29.7 Å². The van der Waals surface area contributed by atoms with E-state index in [2.05, 4.69) is 49.7 Å². The van der Waals surface area contributed by atoms with Crippen molar-refractivity contribution in [3.8, 4) is 74.7 Å². The van der Waals surface area contributed by atoms with Crippen molar-refractivity contribution in [2.45, 2.75) is 136 Å². The van der Waals surface area contributed by atoms with Crippen LogP contribution >= 0.6 is 58.2 Å². The molecule has 636 valence electrons. The second kappa shape index (κ2) is 39.5. The molecular weight excluding hydrogens is 1720 g/mol. The maximum absolute atomic E-state index is 12.4. The Hall–Kier alpha value is -9.95. The lowest BCUT2D eigenvalue weighted by molar-refractivity contribution is 0.00578. The number of nitriles is 2. The molecule has 25 nitrogen and oxygen atoms in total. The van der Waals surface area contributed by atoms with Crippen molar-refractivity contribution in [1.29, 1.82) is 10.5 Å². The number of amides is 3. The molecule has 0 radical (unpaired) electrons. The molecule has 31 heteroatoms. The number of benzene rings is 5. The van der Waals surface area contributed by atoms with Crippen LogP contribution in [-0.4, -0.2) is 186 Å². The summed E-state index contributed by atoms with van der Waals surface area (Å²) in [6.45, 7) is 24.6. The highest BCUT2D eigenvalue weighted by atomic mass is 127. The number of ether oxygens (including phenoxy) is 7. The number of hydrogen-bond acceptors (Lipinski definition) is 22. The molecule has 0 atom stereocenters. The number of hydrogen-bond donors (Lipinski definition) is 0. The molecule has 5 aromatic carbocycles. The Morgan fingerprint density at radius 1 is 0.471 bits per heavy atom. The number of pyridine rings is 3. The molecule has 4 saturated heterocycles. The first-order valence-electron chi connectivity index (χ1n) is 39.0.